The maximum Gasteiger partial charge on any atom is 0.170 e. The molecule has 3 atom stereocenters. The van der Waals surface area contributed by atoms with Gasteiger partial charge in [0.15, 0.2) is 5.79 Å². The molecule has 0 aromatic rings. The number of fused-ring (bicyclic) bond motifs is 1. The van der Waals surface area contributed by atoms with Crippen LogP contribution in [-0.4, -0.2) is 19.5 Å². The van der Waals surface area contributed by atoms with E-state index in [1.165, 1.54) is 19.3 Å². The fourth-order valence-electron chi connectivity index (χ4n) is 2.64. The lowest BCUT2D eigenvalue weighted by Gasteiger charge is -2.35. The number of ether oxygens (including phenoxy) is 2. The van der Waals surface area contributed by atoms with Crippen molar-refractivity contribution in [2.45, 2.75) is 38.4 Å². The molecule has 70 valence electrons. The maximum atomic E-state index is 5.75. The van der Waals surface area contributed by atoms with Gasteiger partial charge in [-0.25, -0.2) is 0 Å². The van der Waals surface area contributed by atoms with Crippen LogP contribution in [0.5, 0.6) is 0 Å². The van der Waals surface area contributed by atoms with E-state index >= 15 is 0 Å². The van der Waals surface area contributed by atoms with Crippen LogP contribution in [-0.2, 0) is 9.47 Å². The smallest absolute Gasteiger partial charge is 0.170 e. The fourth-order valence-corrected chi connectivity index (χ4v) is 2.64. The Kier molecular flexibility index (Phi) is 2.13. The Bertz CT molecular complexity index is 165. The van der Waals surface area contributed by atoms with Gasteiger partial charge in [-0.05, 0) is 32.1 Å². The van der Waals surface area contributed by atoms with Crippen molar-refractivity contribution in [1.29, 1.82) is 0 Å². The summed E-state index contributed by atoms with van der Waals surface area (Å²) in [6.45, 7) is 2.82. The monoisotopic (exact) mass is 170 g/mol. The van der Waals surface area contributed by atoms with E-state index in [4.69, 9.17) is 9.47 Å². The summed E-state index contributed by atoms with van der Waals surface area (Å²) >= 11 is 0. The van der Waals surface area contributed by atoms with Gasteiger partial charge in [0.05, 0.1) is 0 Å². The first kappa shape index (κ1) is 8.52. The highest BCUT2D eigenvalue weighted by molar-refractivity contribution is 5.00. The van der Waals surface area contributed by atoms with E-state index < -0.39 is 0 Å². The van der Waals surface area contributed by atoms with Gasteiger partial charge >= 0.3 is 0 Å². The maximum absolute atomic E-state index is 5.75. The van der Waals surface area contributed by atoms with Crippen molar-refractivity contribution in [3.63, 3.8) is 0 Å². The summed E-state index contributed by atoms with van der Waals surface area (Å²) < 4.78 is 11.3. The lowest BCUT2D eigenvalue weighted by atomic mass is 9.94. The summed E-state index contributed by atoms with van der Waals surface area (Å²) in [5, 5.41) is 0. The highest BCUT2D eigenvalue weighted by Crippen LogP contribution is 2.56. The molecule has 3 unspecified atom stereocenters. The summed E-state index contributed by atoms with van der Waals surface area (Å²) in [4.78, 5) is 0. The van der Waals surface area contributed by atoms with Crippen LogP contribution in [0.3, 0.4) is 0 Å². The van der Waals surface area contributed by atoms with Gasteiger partial charge < -0.3 is 9.47 Å². The average Bonchev–Trinajstić information content (AvgIpc) is 2.85. The highest BCUT2D eigenvalue weighted by Gasteiger charge is 2.56. The molecule has 2 nitrogen and oxygen atoms in total. The molecule has 2 heteroatoms. The third-order valence-electron chi connectivity index (χ3n) is 3.32. The molecule has 0 saturated heterocycles. The van der Waals surface area contributed by atoms with Gasteiger partial charge in [0.2, 0.25) is 0 Å². The predicted molar refractivity (Wildman–Crippen MR) is 46.8 cm³/mol. The van der Waals surface area contributed by atoms with Crippen molar-refractivity contribution in [2.75, 3.05) is 13.7 Å². The van der Waals surface area contributed by atoms with E-state index in [9.17, 15) is 0 Å². The molecule has 2 aliphatic carbocycles. The number of methoxy groups -OCH3 is 1. The third-order valence-corrected chi connectivity index (χ3v) is 3.32. The second-order valence-corrected chi connectivity index (χ2v) is 3.94. The zero-order valence-corrected chi connectivity index (χ0v) is 8.01. The molecule has 0 aliphatic heterocycles. The van der Waals surface area contributed by atoms with Gasteiger partial charge in [0, 0.05) is 26.1 Å². The van der Waals surface area contributed by atoms with Crippen molar-refractivity contribution in [3.8, 4) is 0 Å². The summed E-state index contributed by atoms with van der Waals surface area (Å²) in [6, 6.07) is 0. The molecule has 0 heterocycles. The third kappa shape index (κ3) is 1.17. The van der Waals surface area contributed by atoms with E-state index in [1.807, 2.05) is 6.92 Å². The quantitative estimate of drug-likeness (QED) is 0.604. The van der Waals surface area contributed by atoms with E-state index in [0.29, 0.717) is 5.92 Å². The summed E-state index contributed by atoms with van der Waals surface area (Å²) in [5.74, 6) is 1.42. The van der Waals surface area contributed by atoms with Gasteiger partial charge in [-0.3, -0.25) is 0 Å². The van der Waals surface area contributed by atoms with Crippen molar-refractivity contribution < 1.29 is 9.47 Å². The molecule has 0 amide bonds. The number of hydrogen-bond acceptors (Lipinski definition) is 2. The largest absolute Gasteiger partial charge is 0.353 e. The topological polar surface area (TPSA) is 18.5 Å². The Morgan fingerprint density at radius 2 is 2.33 bits per heavy atom. The standard InChI is InChI=1S/C10H18O2/c1-3-12-10(11-2)6-4-5-8-7-9(8)10/h8-9H,3-7H2,1-2H3. The van der Waals surface area contributed by atoms with Gasteiger partial charge in [-0.15, -0.1) is 0 Å². The second-order valence-electron chi connectivity index (χ2n) is 3.94. The minimum Gasteiger partial charge on any atom is -0.353 e. The summed E-state index contributed by atoms with van der Waals surface area (Å²) in [5.41, 5.74) is 0. The molecule has 0 spiro atoms. The van der Waals surface area contributed by atoms with Gasteiger partial charge in [0.25, 0.3) is 0 Å². The van der Waals surface area contributed by atoms with E-state index in [0.717, 1.165) is 18.9 Å². The van der Waals surface area contributed by atoms with Crippen molar-refractivity contribution >= 4 is 0 Å². The van der Waals surface area contributed by atoms with Crippen LogP contribution in [0, 0.1) is 11.8 Å². The Balaban J connectivity index is 2.04. The summed E-state index contributed by atoms with van der Waals surface area (Å²) in [7, 11) is 1.79. The first-order chi connectivity index (χ1) is 5.82. The van der Waals surface area contributed by atoms with Crippen LogP contribution in [0.25, 0.3) is 0 Å². The van der Waals surface area contributed by atoms with E-state index in [2.05, 4.69) is 0 Å². The zero-order valence-electron chi connectivity index (χ0n) is 8.01. The number of hydrogen-bond donors (Lipinski definition) is 0. The van der Waals surface area contributed by atoms with Crippen molar-refractivity contribution in [3.05, 3.63) is 0 Å². The molecule has 0 bridgehead atoms. The van der Waals surface area contributed by atoms with Gasteiger partial charge in [0.1, 0.15) is 0 Å². The normalized spacial score (nSPS) is 45.5. The lowest BCUT2D eigenvalue weighted by Crippen LogP contribution is -2.40. The van der Waals surface area contributed by atoms with Gasteiger partial charge in [-0.2, -0.15) is 0 Å². The van der Waals surface area contributed by atoms with Crippen LogP contribution in [0.15, 0.2) is 0 Å². The number of rotatable bonds is 3. The van der Waals surface area contributed by atoms with Crippen LogP contribution in [0.4, 0.5) is 0 Å². The van der Waals surface area contributed by atoms with E-state index in [-0.39, 0.29) is 5.79 Å². The van der Waals surface area contributed by atoms with Crippen molar-refractivity contribution in [2.24, 2.45) is 11.8 Å². The van der Waals surface area contributed by atoms with Crippen LogP contribution in [0.1, 0.15) is 32.6 Å². The molecule has 0 N–H and O–H groups in total. The zero-order chi connectivity index (χ0) is 8.60. The van der Waals surface area contributed by atoms with Crippen LogP contribution in [0.2, 0.25) is 0 Å². The van der Waals surface area contributed by atoms with Crippen LogP contribution >= 0.6 is 0 Å². The molecule has 2 fully saturated rings. The Labute approximate surface area is 74.2 Å². The van der Waals surface area contributed by atoms with Crippen LogP contribution < -0.4 is 0 Å². The average molecular weight is 170 g/mol. The fraction of sp³-hybridized carbons (Fsp3) is 1.00. The minimum atomic E-state index is -0.197. The summed E-state index contributed by atoms with van der Waals surface area (Å²) in [6.07, 6.45) is 5.09. The minimum absolute atomic E-state index is 0.197. The molecular weight excluding hydrogens is 152 g/mol. The molecule has 12 heavy (non-hydrogen) atoms. The first-order valence-electron chi connectivity index (χ1n) is 5.01. The van der Waals surface area contributed by atoms with Crippen molar-refractivity contribution in [1.82, 2.24) is 0 Å². The lowest BCUT2D eigenvalue weighted by molar-refractivity contribution is -0.246. The molecule has 2 saturated carbocycles. The second kappa shape index (κ2) is 3.00. The molecule has 2 aliphatic rings. The molecule has 0 aromatic carbocycles. The van der Waals surface area contributed by atoms with Gasteiger partial charge in [-0.1, -0.05) is 0 Å². The predicted octanol–water partition coefficient (Wildman–Crippen LogP) is 2.19. The Morgan fingerprint density at radius 1 is 1.50 bits per heavy atom. The first-order valence-corrected chi connectivity index (χ1v) is 5.01. The molecule has 2 rings (SSSR count). The SMILES string of the molecule is CCOC1(OC)CCCC2CC21. The molecular formula is C10H18O2. The van der Waals surface area contributed by atoms with E-state index in [1.54, 1.807) is 7.11 Å². The Morgan fingerprint density at radius 3 is 3.00 bits per heavy atom. The Hall–Kier alpha value is -0.0800. The highest BCUT2D eigenvalue weighted by atomic mass is 16.7. The molecule has 0 radical (unpaired) electrons. The molecule has 0 aromatic heterocycles.